The molecule has 210 valence electrons. The van der Waals surface area contributed by atoms with Gasteiger partial charge in [0.15, 0.2) is 0 Å². The van der Waals surface area contributed by atoms with Crippen molar-refractivity contribution in [3.8, 4) is 44.9 Å². The second kappa shape index (κ2) is 10.7. The molecule has 7 aromatic carbocycles. The molecular formula is C42H27BOS. The minimum atomic E-state index is 0.0554. The van der Waals surface area contributed by atoms with E-state index in [0.29, 0.717) is 0 Å². The second-order valence-corrected chi connectivity index (χ2v) is 12.7. The normalized spacial score (nSPS) is 12.1. The Morgan fingerprint density at radius 1 is 0.400 bits per heavy atom. The summed E-state index contributed by atoms with van der Waals surface area (Å²) in [6, 6.07) is 59.1. The number of para-hydroxylation sites is 2. The molecular weight excluding hydrogens is 563 g/mol. The minimum Gasteiger partial charge on any atom is -0.458 e. The number of hydrogen-bond donors (Lipinski definition) is 0. The van der Waals surface area contributed by atoms with E-state index >= 15 is 0 Å². The molecule has 0 amide bonds. The molecule has 0 radical (unpaired) electrons. The summed E-state index contributed by atoms with van der Waals surface area (Å²) in [5.74, 6) is 1.85. The Kier molecular flexibility index (Phi) is 6.17. The zero-order valence-electron chi connectivity index (χ0n) is 24.5. The van der Waals surface area contributed by atoms with Gasteiger partial charge < -0.3 is 4.74 Å². The average Bonchev–Trinajstić information content (AvgIpc) is 3.50. The summed E-state index contributed by atoms with van der Waals surface area (Å²) in [7, 11) is 0. The maximum atomic E-state index is 6.40. The van der Waals surface area contributed by atoms with Crippen LogP contribution in [0.3, 0.4) is 0 Å². The van der Waals surface area contributed by atoms with Crippen LogP contribution in [-0.4, -0.2) is 6.71 Å². The average molecular weight is 591 g/mol. The number of benzene rings is 7. The summed E-state index contributed by atoms with van der Waals surface area (Å²) in [5.41, 5.74) is 11.1. The van der Waals surface area contributed by atoms with Crippen molar-refractivity contribution in [2.75, 3.05) is 0 Å². The van der Waals surface area contributed by atoms with E-state index in [-0.39, 0.29) is 6.71 Å². The Hall–Kier alpha value is -5.38. The van der Waals surface area contributed by atoms with Crippen molar-refractivity contribution >= 4 is 54.6 Å². The van der Waals surface area contributed by atoms with Crippen LogP contribution in [0.1, 0.15) is 0 Å². The van der Waals surface area contributed by atoms with Crippen molar-refractivity contribution in [1.82, 2.24) is 0 Å². The van der Waals surface area contributed by atoms with Crippen LogP contribution in [0.15, 0.2) is 164 Å². The Balaban J connectivity index is 1.30. The van der Waals surface area contributed by atoms with Crippen LogP contribution in [0.25, 0.3) is 53.6 Å². The summed E-state index contributed by atoms with van der Waals surface area (Å²) in [6.07, 6.45) is 0. The van der Waals surface area contributed by atoms with Crippen molar-refractivity contribution < 1.29 is 4.74 Å². The highest BCUT2D eigenvalue weighted by Crippen LogP contribution is 2.44. The smallest absolute Gasteiger partial charge is 0.250 e. The molecule has 0 atom stereocenters. The van der Waals surface area contributed by atoms with Crippen molar-refractivity contribution in [3.05, 3.63) is 164 Å². The number of thiophene rings is 1. The lowest BCUT2D eigenvalue weighted by molar-refractivity contribution is 0.487. The first-order valence-electron chi connectivity index (χ1n) is 15.4. The van der Waals surface area contributed by atoms with Crippen molar-refractivity contribution in [2.45, 2.75) is 0 Å². The van der Waals surface area contributed by atoms with Gasteiger partial charge in [-0.2, -0.15) is 0 Å². The van der Waals surface area contributed by atoms with Crippen LogP contribution in [0.4, 0.5) is 0 Å². The van der Waals surface area contributed by atoms with Gasteiger partial charge in [-0.1, -0.05) is 151 Å². The van der Waals surface area contributed by atoms with Crippen LogP contribution >= 0.6 is 11.3 Å². The van der Waals surface area contributed by atoms with Gasteiger partial charge in [0, 0.05) is 20.2 Å². The lowest BCUT2D eigenvalue weighted by Crippen LogP contribution is -2.54. The van der Waals surface area contributed by atoms with Gasteiger partial charge in [0.25, 0.3) is 6.71 Å². The predicted octanol–water partition coefficient (Wildman–Crippen LogP) is 9.68. The molecule has 0 saturated carbocycles. The lowest BCUT2D eigenvalue weighted by Gasteiger charge is -2.27. The van der Waals surface area contributed by atoms with E-state index in [4.69, 9.17) is 4.74 Å². The number of hydrogen-bond acceptors (Lipinski definition) is 2. The SMILES string of the molecule is c1ccc(-c2cc(B3c4ccccc4Oc4ccccc43)cc(-c3cccc4c3sc3c(-c5ccccc5)cccc34)c2)cc1. The van der Waals surface area contributed by atoms with Crippen LogP contribution in [0.2, 0.25) is 0 Å². The van der Waals surface area contributed by atoms with Crippen molar-refractivity contribution in [1.29, 1.82) is 0 Å². The molecule has 0 unspecified atom stereocenters. The molecule has 45 heavy (non-hydrogen) atoms. The molecule has 3 heteroatoms. The van der Waals surface area contributed by atoms with Crippen LogP contribution in [0.5, 0.6) is 11.5 Å². The summed E-state index contributed by atoms with van der Waals surface area (Å²) in [5, 5.41) is 2.61. The first kappa shape index (κ1) is 26.1. The highest BCUT2D eigenvalue weighted by Gasteiger charge is 2.32. The maximum Gasteiger partial charge on any atom is 0.250 e. The first-order chi connectivity index (χ1) is 22.3. The molecule has 1 aromatic heterocycles. The van der Waals surface area contributed by atoms with E-state index in [1.54, 1.807) is 0 Å². The van der Waals surface area contributed by atoms with Gasteiger partial charge in [0.1, 0.15) is 11.5 Å². The van der Waals surface area contributed by atoms with Gasteiger partial charge in [0.2, 0.25) is 0 Å². The fourth-order valence-electron chi connectivity index (χ4n) is 6.93. The van der Waals surface area contributed by atoms with Crippen LogP contribution < -0.4 is 21.1 Å². The topological polar surface area (TPSA) is 9.23 Å². The van der Waals surface area contributed by atoms with E-state index in [1.165, 1.54) is 69.9 Å². The predicted molar refractivity (Wildman–Crippen MR) is 193 cm³/mol. The standard InChI is InChI=1S/C42H27BOS/c1-3-13-28(14-4-1)30-25-31(27-32(26-30)43-37-21-7-9-23-39(37)44-40-24-10-8-22-38(40)43)34-18-12-20-36-35-19-11-17-33(41(35)45-42(34)36)29-15-5-2-6-16-29/h1-27H. The van der Waals surface area contributed by atoms with E-state index in [1.807, 2.05) is 11.3 Å². The minimum absolute atomic E-state index is 0.0554. The van der Waals surface area contributed by atoms with Gasteiger partial charge in [-0.15, -0.1) is 11.3 Å². The Morgan fingerprint density at radius 2 is 0.911 bits per heavy atom. The quantitative estimate of drug-likeness (QED) is 0.186. The van der Waals surface area contributed by atoms with Gasteiger partial charge in [-0.3, -0.25) is 0 Å². The Bertz CT molecular complexity index is 2310. The number of rotatable bonds is 4. The van der Waals surface area contributed by atoms with E-state index < -0.39 is 0 Å². The van der Waals surface area contributed by atoms with E-state index in [9.17, 15) is 0 Å². The maximum absolute atomic E-state index is 6.40. The third kappa shape index (κ3) is 4.39. The molecule has 0 spiro atoms. The Labute approximate surface area is 267 Å². The highest BCUT2D eigenvalue weighted by atomic mass is 32.1. The molecule has 8 aromatic rings. The third-order valence-corrected chi connectivity index (χ3v) is 10.3. The monoisotopic (exact) mass is 590 g/mol. The van der Waals surface area contributed by atoms with E-state index in [2.05, 4.69) is 164 Å². The molecule has 1 nitrogen and oxygen atoms in total. The molecule has 0 fully saturated rings. The van der Waals surface area contributed by atoms with Gasteiger partial charge in [-0.25, -0.2) is 0 Å². The lowest BCUT2D eigenvalue weighted by atomic mass is 9.35. The molecule has 0 bridgehead atoms. The third-order valence-electron chi connectivity index (χ3n) is 9.00. The van der Waals surface area contributed by atoms with Crippen molar-refractivity contribution in [2.24, 2.45) is 0 Å². The fraction of sp³-hybridized carbons (Fsp3) is 0. The van der Waals surface area contributed by atoms with Crippen LogP contribution in [-0.2, 0) is 0 Å². The highest BCUT2D eigenvalue weighted by molar-refractivity contribution is 7.26. The van der Waals surface area contributed by atoms with Gasteiger partial charge in [-0.05, 0) is 62.5 Å². The second-order valence-electron chi connectivity index (χ2n) is 11.7. The summed E-state index contributed by atoms with van der Waals surface area (Å²) < 4.78 is 9.05. The first-order valence-corrected chi connectivity index (χ1v) is 16.2. The number of fused-ring (bicyclic) bond motifs is 5. The van der Waals surface area contributed by atoms with Crippen molar-refractivity contribution in [3.63, 3.8) is 0 Å². The Morgan fingerprint density at radius 3 is 1.53 bits per heavy atom. The molecule has 0 saturated heterocycles. The molecule has 1 aliphatic rings. The van der Waals surface area contributed by atoms with Gasteiger partial charge in [0.05, 0.1) is 0 Å². The molecule has 0 aliphatic carbocycles. The molecule has 9 rings (SSSR count). The van der Waals surface area contributed by atoms with Gasteiger partial charge >= 0.3 is 0 Å². The fourth-order valence-corrected chi connectivity index (χ4v) is 8.30. The zero-order valence-corrected chi connectivity index (χ0v) is 25.3. The summed E-state index contributed by atoms with van der Waals surface area (Å²) >= 11 is 1.90. The number of ether oxygens (including phenoxy) is 1. The summed E-state index contributed by atoms with van der Waals surface area (Å²) in [6.45, 7) is 0.0554. The molecule has 2 heterocycles. The van der Waals surface area contributed by atoms with E-state index in [0.717, 1.165) is 11.5 Å². The zero-order chi connectivity index (χ0) is 29.7. The molecule has 0 N–H and O–H groups in total. The molecule has 1 aliphatic heterocycles. The van der Waals surface area contributed by atoms with Crippen LogP contribution in [0, 0.1) is 0 Å². The summed E-state index contributed by atoms with van der Waals surface area (Å²) in [4.78, 5) is 0. The largest absolute Gasteiger partial charge is 0.458 e.